The van der Waals surface area contributed by atoms with Crippen LogP contribution in [0.5, 0.6) is 5.88 Å². The minimum Gasteiger partial charge on any atom is -0.480 e. The molecule has 0 radical (unpaired) electrons. The van der Waals surface area contributed by atoms with E-state index in [1.807, 2.05) is 40.8 Å². The van der Waals surface area contributed by atoms with Crippen molar-refractivity contribution in [3.8, 4) is 17.0 Å². The second kappa shape index (κ2) is 7.43. The molecule has 2 aliphatic rings. The SMILES string of the molecule is COc1nc(N[C@H]2C[C@@H]3CN(C(C)=O)C[C@@H]3C2)nc2[nH]cc(-c3ccc4nnc(C)n4c3)c12. The molecule has 1 amide bonds. The first kappa shape index (κ1) is 20.0. The number of likely N-dealkylation sites (tertiary alicyclic amines) is 1. The van der Waals surface area contributed by atoms with Gasteiger partial charge in [-0.2, -0.15) is 9.97 Å². The number of hydrogen-bond donors (Lipinski definition) is 2. The van der Waals surface area contributed by atoms with Crippen LogP contribution in [0.25, 0.3) is 27.8 Å². The molecule has 5 heterocycles. The van der Waals surface area contributed by atoms with Gasteiger partial charge in [0.05, 0.1) is 12.5 Å². The zero-order chi connectivity index (χ0) is 22.7. The lowest BCUT2D eigenvalue weighted by Crippen LogP contribution is -2.29. The van der Waals surface area contributed by atoms with E-state index in [1.165, 1.54) is 0 Å². The normalized spacial score (nSPS) is 22.3. The lowest BCUT2D eigenvalue weighted by molar-refractivity contribution is -0.128. The number of carbonyl (C=O) groups is 1. The number of aryl methyl sites for hydroxylation is 1. The molecule has 10 heteroatoms. The van der Waals surface area contributed by atoms with Gasteiger partial charge in [-0.15, -0.1) is 10.2 Å². The summed E-state index contributed by atoms with van der Waals surface area (Å²) in [6.07, 6.45) is 5.99. The average molecular weight is 447 g/mol. The summed E-state index contributed by atoms with van der Waals surface area (Å²) in [7, 11) is 1.63. The number of ether oxygens (including phenoxy) is 1. The van der Waals surface area contributed by atoms with Crippen molar-refractivity contribution in [2.75, 3.05) is 25.5 Å². The molecule has 10 nitrogen and oxygen atoms in total. The fraction of sp³-hybridized carbons (Fsp3) is 0.435. The summed E-state index contributed by atoms with van der Waals surface area (Å²) in [6, 6.07) is 4.26. The summed E-state index contributed by atoms with van der Waals surface area (Å²) in [5.41, 5.74) is 3.49. The summed E-state index contributed by atoms with van der Waals surface area (Å²) in [5, 5.41) is 12.6. The van der Waals surface area contributed by atoms with Crippen LogP contribution in [0.15, 0.2) is 24.5 Å². The molecule has 170 valence electrons. The highest BCUT2D eigenvalue weighted by Crippen LogP contribution is 2.40. The quantitative estimate of drug-likeness (QED) is 0.495. The van der Waals surface area contributed by atoms with Crippen molar-refractivity contribution in [3.63, 3.8) is 0 Å². The molecule has 4 aromatic rings. The molecule has 0 spiro atoms. The summed E-state index contributed by atoms with van der Waals surface area (Å²) >= 11 is 0. The van der Waals surface area contributed by atoms with Crippen LogP contribution >= 0.6 is 0 Å². The number of H-pyrrole nitrogens is 1. The summed E-state index contributed by atoms with van der Waals surface area (Å²) < 4.78 is 7.64. The van der Waals surface area contributed by atoms with E-state index in [1.54, 1.807) is 14.0 Å². The Hall–Kier alpha value is -3.69. The number of aromatic amines is 1. The highest BCUT2D eigenvalue weighted by molar-refractivity contribution is 5.97. The van der Waals surface area contributed by atoms with Gasteiger partial charge >= 0.3 is 0 Å². The number of pyridine rings is 1. The van der Waals surface area contributed by atoms with E-state index in [4.69, 9.17) is 9.72 Å². The van der Waals surface area contributed by atoms with Crippen LogP contribution in [0, 0.1) is 18.8 Å². The van der Waals surface area contributed by atoms with Crippen molar-refractivity contribution in [3.05, 3.63) is 30.4 Å². The Labute approximate surface area is 190 Å². The Morgan fingerprint density at radius 1 is 1.18 bits per heavy atom. The van der Waals surface area contributed by atoms with Gasteiger partial charge in [-0.1, -0.05) is 0 Å². The van der Waals surface area contributed by atoms with E-state index in [9.17, 15) is 4.79 Å². The molecule has 1 saturated heterocycles. The molecular formula is C23H26N8O2. The van der Waals surface area contributed by atoms with Crippen LogP contribution in [0.2, 0.25) is 0 Å². The summed E-state index contributed by atoms with van der Waals surface area (Å²) in [4.78, 5) is 26.4. The molecular weight excluding hydrogens is 420 g/mol. The largest absolute Gasteiger partial charge is 0.480 e. The molecule has 4 aromatic heterocycles. The maximum atomic E-state index is 11.7. The van der Waals surface area contributed by atoms with Crippen molar-refractivity contribution in [1.29, 1.82) is 0 Å². The van der Waals surface area contributed by atoms with Crippen molar-refractivity contribution in [2.24, 2.45) is 11.8 Å². The molecule has 6 rings (SSSR count). The van der Waals surface area contributed by atoms with Gasteiger partial charge in [-0.25, -0.2) is 0 Å². The number of methoxy groups -OCH3 is 1. The van der Waals surface area contributed by atoms with Crippen LogP contribution in [0.1, 0.15) is 25.6 Å². The number of amides is 1. The first-order valence-corrected chi connectivity index (χ1v) is 11.3. The Morgan fingerprint density at radius 2 is 1.97 bits per heavy atom. The third kappa shape index (κ3) is 3.28. The van der Waals surface area contributed by atoms with Crippen molar-refractivity contribution in [2.45, 2.75) is 32.7 Å². The Kier molecular flexibility index (Phi) is 4.49. The lowest BCUT2D eigenvalue weighted by atomic mass is 10.0. The third-order valence-electron chi connectivity index (χ3n) is 7.11. The van der Waals surface area contributed by atoms with Gasteiger partial charge in [0.2, 0.25) is 17.7 Å². The zero-order valence-corrected chi connectivity index (χ0v) is 18.9. The van der Waals surface area contributed by atoms with Crippen LogP contribution in [0.4, 0.5) is 5.95 Å². The minimum atomic E-state index is 0.175. The van der Waals surface area contributed by atoms with E-state index in [2.05, 4.69) is 25.5 Å². The number of nitrogens with zero attached hydrogens (tertiary/aromatic N) is 6. The van der Waals surface area contributed by atoms with Crippen LogP contribution in [-0.2, 0) is 4.79 Å². The number of fused-ring (bicyclic) bond motifs is 3. The van der Waals surface area contributed by atoms with E-state index < -0.39 is 0 Å². The van der Waals surface area contributed by atoms with Crippen LogP contribution < -0.4 is 10.1 Å². The number of rotatable bonds is 4. The van der Waals surface area contributed by atoms with Crippen molar-refractivity contribution in [1.82, 2.24) is 34.4 Å². The van der Waals surface area contributed by atoms with Crippen molar-refractivity contribution >= 4 is 28.5 Å². The van der Waals surface area contributed by atoms with Crippen LogP contribution in [0.3, 0.4) is 0 Å². The average Bonchev–Trinajstić information content (AvgIpc) is 3.56. The molecule has 2 N–H and O–H groups in total. The Bertz CT molecular complexity index is 1360. The predicted molar refractivity (Wildman–Crippen MR) is 123 cm³/mol. The maximum absolute atomic E-state index is 11.7. The highest BCUT2D eigenvalue weighted by Gasteiger charge is 2.41. The van der Waals surface area contributed by atoms with Crippen molar-refractivity contribution < 1.29 is 9.53 Å². The number of nitrogens with one attached hydrogen (secondary N) is 2. The highest BCUT2D eigenvalue weighted by atomic mass is 16.5. The van der Waals surface area contributed by atoms with E-state index in [0.29, 0.717) is 29.7 Å². The van der Waals surface area contributed by atoms with Gasteiger partial charge in [-0.3, -0.25) is 9.20 Å². The molecule has 2 fully saturated rings. The van der Waals surface area contributed by atoms with Crippen LogP contribution in [-0.4, -0.2) is 66.6 Å². The molecule has 1 aliphatic carbocycles. The molecule has 33 heavy (non-hydrogen) atoms. The predicted octanol–water partition coefficient (Wildman–Crippen LogP) is 2.65. The lowest BCUT2D eigenvalue weighted by Gasteiger charge is -2.18. The smallest absolute Gasteiger partial charge is 0.228 e. The number of aromatic nitrogens is 6. The van der Waals surface area contributed by atoms with Gasteiger partial charge in [0, 0.05) is 49.6 Å². The topological polar surface area (TPSA) is 113 Å². The first-order chi connectivity index (χ1) is 16.0. The fourth-order valence-corrected chi connectivity index (χ4v) is 5.46. The third-order valence-corrected chi connectivity index (χ3v) is 7.11. The van der Waals surface area contributed by atoms with Gasteiger partial charge in [0.25, 0.3) is 0 Å². The van der Waals surface area contributed by atoms with E-state index in [-0.39, 0.29) is 5.91 Å². The maximum Gasteiger partial charge on any atom is 0.228 e. The summed E-state index contributed by atoms with van der Waals surface area (Å²) in [6.45, 7) is 5.30. The summed E-state index contributed by atoms with van der Waals surface area (Å²) in [5.74, 6) is 3.18. The Balaban J connectivity index is 1.28. The molecule has 0 unspecified atom stereocenters. The number of anilines is 1. The van der Waals surface area contributed by atoms with Gasteiger partial charge in [-0.05, 0) is 43.7 Å². The molecule has 0 bridgehead atoms. The number of hydrogen-bond acceptors (Lipinski definition) is 7. The van der Waals surface area contributed by atoms with E-state index in [0.717, 1.165) is 59.6 Å². The minimum absolute atomic E-state index is 0.175. The second-order valence-corrected chi connectivity index (χ2v) is 9.13. The molecule has 1 aliphatic heterocycles. The molecule has 3 atom stereocenters. The standard InChI is InChI=1S/C23H26N8O2/c1-12-28-29-19-5-4-14(11-31(12)19)18-8-24-21-20(18)22(33-3)27-23(26-21)25-17-6-15-9-30(13(2)32)10-16(15)7-17/h4-5,8,11,15-17H,6-7,9-10H2,1-3H3,(H2,24,25,26,27)/t15-,16+,17+. The first-order valence-electron chi connectivity index (χ1n) is 11.3. The Morgan fingerprint density at radius 3 is 2.70 bits per heavy atom. The number of carbonyl (C=O) groups excluding carboxylic acids is 1. The fourth-order valence-electron chi connectivity index (χ4n) is 5.46. The van der Waals surface area contributed by atoms with E-state index >= 15 is 0 Å². The zero-order valence-electron chi connectivity index (χ0n) is 18.9. The molecule has 1 saturated carbocycles. The van der Waals surface area contributed by atoms with Gasteiger partial charge in [0.15, 0.2) is 5.65 Å². The molecule has 0 aromatic carbocycles. The monoisotopic (exact) mass is 446 g/mol. The van der Waals surface area contributed by atoms with Gasteiger partial charge in [0.1, 0.15) is 11.5 Å². The second-order valence-electron chi connectivity index (χ2n) is 9.13. The van der Waals surface area contributed by atoms with Gasteiger partial charge < -0.3 is 19.9 Å².